The van der Waals surface area contributed by atoms with Crippen LogP contribution in [0.15, 0.2) is 0 Å². The molecule has 0 spiro atoms. The fourth-order valence-corrected chi connectivity index (χ4v) is 0. The van der Waals surface area contributed by atoms with Crippen molar-refractivity contribution in [2.75, 3.05) is 0 Å². The van der Waals surface area contributed by atoms with Crippen LogP contribution >= 0.6 is 8.25 Å². The summed E-state index contributed by atoms with van der Waals surface area (Å²) in [4.78, 5) is 17.0. The van der Waals surface area contributed by atoms with E-state index in [9.17, 15) is 0 Å². The fourth-order valence-electron chi connectivity index (χ4n) is 0. The van der Waals surface area contributed by atoms with Gasteiger partial charge < -0.3 is 16.2 Å². The molecule has 0 saturated carbocycles. The first kappa shape index (κ1) is 16.3. The summed E-state index contributed by atoms with van der Waals surface area (Å²) in [5.41, 5.74) is 0. The first-order valence-electron chi connectivity index (χ1n) is 2.24. The van der Waals surface area contributed by atoms with Gasteiger partial charge in [-0.3, -0.25) is 0 Å². The van der Waals surface area contributed by atoms with Gasteiger partial charge in [0.2, 0.25) is 0 Å². The van der Waals surface area contributed by atoms with Gasteiger partial charge in [-0.2, -0.15) is 13.3 Å². The number of unbranched alkanes of at least 4 members (excludes halogenated alkanes) is 1. The summed E-state index contributed by atoms with van der Waals surface area (Å²) >= 11 is 0. The molecule has 9 heavy (non-hydrogen) atoms. The molecule has 0 aliphatic rings. The van der Waals surface area contributed by atoms with Crippen LogP contribution in [0.4, 0.5) is 0 Å². The van der Waals surface area contributed by atoms with E-state index in [1.165, 1.54) is 6.42 Å². The average molecular weight is 200 g/mol. The van der Waals surface area contributed by atoms with Gasteiger partial charge in [-0.1, -0.05) is 11.5 Å². The zero-order valence-electron chi connectivity index (χ0n) is 5.26. The minimum absolute atomic E-state index is 0. The predicted octanol–water partition coefficient (Wildman–Crippen LogP) is -0.0175. The van der Waals surface area contributed by atoms with Crippen LogP contribution in [-0.2, 0) is 21.6 Å². The number of hydrogen-bond acceptors (Lipinski definition) is 3. The SMILES string of the molecule is C[CH-]CC.O=[P+]([O-])[O-].[Cu+2]. The summed E-state index contributed by atoms with van der Waals surface area (Å²) in [6.45, 7) is 4.18. The first-order chi connectivity index (χ1) is 3.65. The Labute approximate surface area is 66.9 Å². The molecule has 0 aromatic rings. The molecule has 0 amide bonds. The molecular weight excluding hydrogens is 191 g/mol. The predicted molar refractivity (Wildman–Crippen MR) is 27.9 cm³/mol. The average Bonchev–Trinajstić information content (AvgIpc) is 1.65. The van der Waals surface area contributed by atoms with Gasteiger partial charge in [-0.05, 0) is 0 Å². The Bertz CT molecular complexity index is 53.8. The molecule has 3 nitrogen and oxygen atoms in total. The van der Waals surface area contributed by atoms with Gasteiger partial charge in [0.15, 0.2) is 0 Å². The van der Waals surface area contributed by atoms with E-state index in [1.807, 2.05) is 0 Å². The summed E-state index contributed by atoms with van der Waals surface area (Å²) in [6.07, 6.45) is 3.32. The third-order valence-electron chi connectivity index (χ3n) is 0.408. The Morgan fingerprint density at radius 1 is 1.56 bits per heavy atom. The molecule has 0 aromatic heterocycles. The zero-order chi connectivity index (χ0) is 6.99. The second-order valence-electron chi connectivity index (χ2n) is 1.04. The molecule has 1 radical (unpaired) electrons. The Balaban J connectivity index is -0.0000000720. The Kier molecular flexibility index (Phi) is 28.6. The van der Waals surface area contributed by atoms with E-state index >= 15 is 0 Å². The summed E-state index contributed by atoms with van der Waals surface area (Å²) in [7, 11) is -3.37. The minimum atomic E-state index is -3.37. The zero-order valence-corrected chi connectivity index (χ0v) is 7.09. The minimum Gasteiger partial charge on any atom is -0.598 e. The monoisotopic (exact) mass is 199 g/mol. The first-order valence-corrected chi connectivity index (χ1v) is 3.34. The normalized spacial score (nSPS) is 6.22. The van der Waals surface area contributed by atoms with Crippen LogP contribution in [0.2, 0.25) is 0 Å². The smallest absolute Gasteiger partial charge is 0.598 e. The van der Waals surface area contributed by atoms with Crippen molar-refractivity contribution in [3.63, 3.8) is 0 Å². The third-order valence-corrected chi connectivity index (χ3v) is 0.408. The van der Waals surface area contributed by atoms with Gasteiger partial charge in [0, 0.05) is 0 Å². The van der Waals surface area contributed by atoms with Crippen molar-refractivity contribution in [2.45, 2.75) is 20.3 Å². The van der Waals surface area contributed by atoms with Gasteiger partial charge in [0.1, 0.15) is 0 Å². The van der Waals surface area contributed by atoms with Crippen molar-refractivity contribution >= 4 is 8.25 Å². The van der Waals surface area contributed by atoms with Crippen molar-refractivity contribution < 1.29 is 31.4 Å². The maximum absolute atomic E-state index is 8.48. The molecule has 0 rings (SSSR count). The van der Waals surface area contributed by atoms with Gasteiger partial charge in [0.25, 0.3) is 8.25 Å². The standard InChI is InChI=1S/C4H9.Cu.HO3P/c1-3-4-2;;1-4(2)3/h3H,4H2,1-2H3;;(H,1,2,3)/q-1;+2;/p-1. The van der Waals surface area contributed by atoms with Crippen molar-refractivity contribution in [2.24, 2.45) is 0 Å². The van der Waals surface area contributed by atoms with Crippen LogP contribution in [0.3, 0.4) is 0 Å². The van der Waals surface area contributed by atoms with Crippen LogP contribution < -0.4 is 9.79 Å². The van der Waals surface area contributed by atoms with E-state index in [4.69, 9.17) is 14.4 Å². The molecule has 5 heteroatoms. The summed E-state index contributed by atoms with van der Waals surface area (Å²) in [6, 6.07) is 0. The van der Waals surface area contributed by atoms with Crippen LogP contribution in [0.25, 0.3) is 0 Å². The van der Waals surface area contributed by atoms with Crippen LogP contribution in [0, 0.1) is 6.42 Å². The summed E-state index contributed by atoms with van der Waals surface area (Å²) in [5.74, 6) is 0. The molecule has 0 aromatic carbocycles. The van der Waals surface area contributed by atoms with Crippen molar-refractivity contribution in [3.05, 3.63) is 6.42 Å². The van der Waals surface area contributed by atoms with Crippen LogP contribution in [0.5, 0.6) is 0 Å². The molecule has 0 saturated heterocycles. The maximum Gasteiger partial charge on any atom is 2.00 e. The van der Waals surface area contributed by atoms with Gasteiger partial charge >= 0.3 is 17.1 Å². The summed E-state index contributed by atoms with van der Waals surface area (Å²) < 4.78 is 8.48. The topological polar surface area (TPSA) is 63.2 Å². The molecule has 0 bridgehead atoms. The fraction of sp³-hybridized carbons (Fsp3) is 0.750. The Morgan fingerprint density at radius 3 is 1.67 bits per heavy atom. The van der Waals surface area contributed by atoms with Crippen molar-refractivity contribution in [1.82, 2.24) is 0 Å². The van der Waals surface area contributed by atoms with Crippen LogP contribution in [-0.4, -0.2) is 0 Å². The largest absolute Gasteiger partial charge is 2.00 e. The van der Waals surface area contributed by atoms with Gasteiger partial charge in [-0.25, -0.2) is 0 Å². The van der Waals surface area contributed by atoms with E-state index in [0.717, 1.165) is 0 Å². The molecular formula is C4H9CuO3P. The van der Waals surface area contributed by atoms with E-state index in [2.05, 4.69) is 20.3 Å². The Morgan fingerprint density at radius 2 is 1.67 bits per heavy atom. The second-order valence-corrected chi connectivity index (χ2v) is 1.49. The molecule has 0 unspecified atom stereocenters. The van der Waals surface area contributed by atoms with Gasteiger partial charge in [-0.15, -0.1) is 0 Å². The molecule has 0 fully saturated rings. The summed E-state index contributed by atoms with van der Waals surface area (Å²) in [5, 5.41) is 0. The molecule has 0 heterocycles. The molecule has 0 atom stereocenters. The molecule has 0 N–H and O–H groups in total. The second kappa shape index (κ2) is 15.8. The number of hydrogen-bond donors (Lipinski definition) is 0. The van der Waals surface area contributed by atoms with Crippen LogP contribution in [0.1, 0.15) is 20.3 Å². The molecule has 0 aliphatic heterocycles. The van der Waals surface area contributed by atoms with E-state index < -0.39 is 8.25 Å². The van der Waals surface area contributed by atoms with E-state index in [-0.39, 0.29) is 17.1 Å². The number of rotatable bonds is 1. The molecule has 0 aliphatic carbocycles. The van der Waals surface area contributed by atoms with Crippen molar-refractivity contribution in [1.29, 1.82) is 0 Å². The molecule has 59 valence electrons. The third kappa shape index (κ3) is 154. The van der Waals surface area contributed by atoms with E-state index in [0.29, 0.717) is 0 Å². The van der Waals surface area contributed by atoms with E-state index in [1.54, 1.807) is 0 Å². The van der Waals surface area contributed by atoms with Gasteiger partial charge in [0.05, 0.1) is 0 Å². The Hall–Kier alpha value is 0.539. The van der Waals surface area contributed by atoms with Crippen molar-refractivity contribution in [3.8, 4) is 0 Å². The quantitative estimate of drug-likeness (QED) is 0.339. The maximum atomic E-state index is 8.48.